The van der Waals surface area contributed by atoms with Crippen LogP contribution in [0.15, 0.2) is 36.8 Å². The molecule has 3 heterocycles. The number of hydrogen-bond donors (Lipinski definition) is 3. The number of aromatic nitrogens is 3. The van der Waals surface area contributed by atoms with E-state index in [0.717, 1.165) is 58.4 Å². The van der Waals surface area contributed by atoms with Crippen molar-refractivity contribution in [2.75, 3.05) is 56.5 Å². The molecule has 4 saturated carbocycles. The van der Waals surface area contributed by atoms with Gasteiger partial charge in [-0.25, -0.2) is 19.3 Å². The van der Waals surface area contributed by atoms with Gasteiger partial charge in [0.1, 0.15) is 23.5 Å². The summed E-state index contributed by atoms with van der Waals surface area (Å²) >= 11 is 0. The third-order valence-corrected chi connectivity index (χ3v) is 9.43. The molecule has 5 aliphatic rings. The van der Waals surface area contributed by atoms with Gasteiger partial charge in [-0.15, -0.1) is 0 Å². The summed E-state index contributed by atoms with van der Waals surface area (Å²) in [5.41, 5.74) is 1.25. The van der Waals surface area contributed by atoms with Gasteiger partial charge in [0, 0.05) is 36.4 Å². The summed E-state index contributed by atoms with van der Waals surface area (Å²) in [5.74, 6) is 0.0423. The van der Waals surface area contributed by atoms with Gasteiger partial charge in [-0.2, -0.15) is 0 Å². The van der Waals surface area contributed by atoms with E-state index in [9.17, 15) is 14.0 Å². The summed E-state index contributed by atoms with van der Waals surface area (Å²) in [5, 5.41) is 9.22. The minimum absolute atomic E-state index is 0.103. The van der Waals surface area contributed by atoms with E-state index in [-0.39, 0.29) is 45.8 Å². The maximum absolute atomic E-state index is 14.3. The molecule has 2 amide bonds. The first kappa shape index (κ1) is 29.4. The molecule has 1 saturated heterocycles. The Morgan fingerprint density at radius 2 is 1.80 bits per heavy atom. The summed E-state index contributed by atoms with van der Waals surface area (Å²) in [7, 11) is 2.88. The second-order valence-electron chi connectivity index (χ2n) is 12.3. The van der Waals surface area contributed by atoms with Crippen molar-refractivity contribution in [2.24, 2.45) is 5.92 Å². The van der Waals surface area contributed by atoms with E-state index in [2.05, 4.69) is 35.8 Å². The van der Waals surface area contributed by atoms with Gasteiger partial charge in [-0.3, -0.25) is 14.5 Å². The van der Waals surface area contributed by atoms with Crippen molar-refractivity contribution < 1.29 is 28.2 Å². The number of hydrogen-bond acceptors (Lipinski definition) is 10. The van der Waals surface area contributed by atoms with Gasteiger partial charge in [0.2, 0.25) is 11.8 Å². The monoisotopic (exact) mass is 617 g/mol. The van der Waals surface area contributed by atoms with Crippen LogP contribution in [0.25, 0.3) is 0 Å². The van der Waals surface area contributed by atoms with Gasteiger partial charge in [0.05, 0.1) is 44.9 Å². The topological polar surface area (TPSA) is 140 Å². The summed E-state index contributed by atoms with van der Waals surface area (Å²) in [6.45, 7) is 3.37. The van der Waals surface area contributed by atoms with Crippen LogP contribution in [-0.2, 0) is 4.74 Å². The third-order valence-electron chi connectivity index (χ3n) is 9.43. The van der Waals surface area contributed by atoms with Crippen LogP contribution in [0.5, 0.6) is 11.8 Å². The van der Waals surface area contributed by atoms with Crippen molar-refractivity contribution >= 4 is 29.0 Å². The molecule has 4 aliphatic carbocycles. The van der Waals surface area contributed by atoms with Crippen LogP contribution < -0.4 is 25.4 Å². The Bertz CT molecular complexity index is 1620. The van der Waals surface area contributed by atoms with Crippen molar-refractivity contribution in [1.29, 1.82) is 0 Å². The van der Waals surface area contributed by atoms with Crippen LogP contribution in [-0.4, -0.2) is 83.8 Å². The molecule has 1 aromatic carbocycles. The molecule has 12 nitrogen and oxygen atoms in total. The molecule has 3 aromatic rings. The highest BCUT2D eigenvalue weighted by atomic mass is 19.1. The molecule has 3 N–H and O–H groups in total. The Kier molecular flexibility index (Phi) is 7.74. The number of rotatable bonds is 10. The highest BCUT2D eigenvalue weighted by molar-refractivity contribution is 6.14. The largest absolute Gasteiger partial charge is 0.481 e. The predicted octanol–water partition coefficient (Wildman–Crippen LogP) is 4.08. The van der Waals surface area contributed by atoms with Crippen molar-refractivity contribution in [3.05, 3.63) is 59.3 Å². The molecule has 2 aromatic heterocycles. The Hall–Kier alpha value is -4.36. The van der Waals surface area contributed by atoms with E-state index in [1.807, 2.05) is 0 Å². The maximum atomic E-state index is 14.3. The number of amides is 2. The van der Waals surface area contributed by atoms with Crippen LogP contribution in [0, 0.1) is 11.7 Å². The molecule has 236 valence electrons. The number of halogens is 1. The molecule has 45 heavy (non-hydrogen) atoms. The molecule has 0 radical (unpaired) electrons. The molecule has 0 spiro atoms. The van der Waals surface area contributed by atoms with Crippen LogP contribution in [0.4, 0.5) is 21.6 Å². The molecule has 2 bridgehead atoms. The van der Waals surface area contributed by atoms with E-state index >= 15 is 0 Å². The lowest BCUT2D eigenvalue weighted by Gasteiger charge is -2.40. The summed E-state index contributed by atoms with van der Waals surface area (Å²) in [4.78, 5) is 42.8. The van der Waals surface area contributed by atoms with Gasteiger partial charge in [-0.05, 0) is 67.7 Å². The van der Waals surface area contributed by atoms with Crippen LogP contribution in [0.3, 0.4) is 0 Å². The lowest BCUT2D eigenvalue weighted by molar-refractivity contribution is 0.0101. The van der Waals surface area contributed by atoms with E-state index < -0.39 is 11.8 Å². The minimum atomic E-state index is -0.566. The Balaban J connectivity index is 1.12. The average Bonchev–Trinajstić information content (AvgIpc) is 3.74. The number of carbonyl (C=O) groups is 2. The number of morpholine rings is 1. The number of methoxy groups -OCH3 is 2. The van der Waals surface area contributed by atoms with Gasteiger partial charge < -0.3 is 30.2 Å². The second kappa shape index (κ2) is 11.9. The molecule has 1 aliphatic heterocycles. The lowest BCUT2D eigenvalue weighted by Crippen LogP contribution is -2.45. The van der Waals surface area contributed by atoms with Crippen molar-refractivity contribution in [3.63, 3.8) is 0 Å². The SMILES string of the molecule is COc1cc(C(=O)Nc2ccc(F)c(C3CC3)c2)c(NC(=O)c2c(NC34CC(C3)C(N3CCOCC3)C4)ncnc2OC)cn1. The molecule has 1 unspecified atom stereocenters. The highest BCUT2D eigenvalue weighted by Gasteiger charge is 2.58. The molecular weight excluding hydrogens is 581 g/mol. The van der Waals surface area contributed by atoms with Crippen LogP contribution >= 0.6 is 0 Å². The summed E-state index contributed by atoms with van der Waals surface area (Å²) in [6, 6.07) is 6.42. The normalized spacial score (nSPS) is 24.0. The lowest BCUT2D eigenvalue weighted by atomic mass is 9.76. The van der Waals surface area contributed by atoms with Gasteiger partial charge in [0.15, 0.2) is 0 Å². The zero-order valence-electron chi connectivity index (χ0n) is 25.3. The van der Waals surface area contributed by atoms with Crippen molar-refractivity contribution in [3.8, 4) is 11.8 Å². The number of anilines is 3. The number of benzene rings is 1. The van der Waals surface area contributed by atoms with Crippen molar-refractivity contribution in [2.45, 2.75) is 49.6 Å². The molecule has 1 atom stereocenters. The molecule has 5 fully saturated rings. The van der Waals surface area contributed by atoms with Gasteiger partial charge >= 0.3 is 0 Å². The van der Waals surface area contributed by atoms with E-state index in [0.29, 0.717) is 29.0 Å². The average molecular weight is 618 g/mol. The van der Waals surface area contributed by atoms with E-state index in [1.165, 1.54) is 44.9 Å². The zero-order valence-corrected chi connectivity index (χ0v) is 25.3. The Morgan fingerprint density at radius 3 is 2.53 bits per heavy atom. The minimum Gasteiger partial charge on any atom is -0.481 e. The predicted molar refractivity (Wildman–Crippen MR) is 164 cm³/mol. The van der Waals surface area contributed by atoms with E-state index in [4.69, 9.17) is 14.2 Å². The molecule has 13 heteroatoms. The van der Waals surface area contributed by atoms with Crippen molar-refractivity contribution in [1.82, 2.24) is 19.9 Å². The first-order valence-electron chi connectivity index (χ1n) is 15.3. The smallest absolute Gasteiger partial charge is 0.265 e. The van der Waals surface area contributed by atoms with Crippen LogP contribution in [0.2, 0.25) is 0 Å². The number of fused-ring (bicyclic) bond motifs is 1. The maximum Gasteiger partial charge on any atom is 0.265 e. The fourth-order valence-corrected chi connectivity index (χ4v) is 7.06. The highest BCUT2D eigenvalue weighted by Crippen LogP contribution is 2.55. The molecule has 8 rings (SSSR count). The number of carbonyl (C=O) groups excluding carboxylic acids is 2. The Labute approximate surface area is 260 Å². The summed E-state index contributed by atoms with van der Waals surface area (Å²) in [6.07, 6.45) is 7.49. The zero-order chi connectivity index (χ0) is 31.1. The number of ether oxygens (including phenoxy) is 3. The Morgan fingerprint density at radius 1 is 1.00 bits per heavy atom. The fourth-order valence-electron chi connectivity index (χ4n) is 7.06. The third kappa shape index (κ3) is 5.77. The van der Waals surface area contributed by atoms with Gasteiger partial charge in [0.25, 0.3) is 11.8 Å². The van der Waals surface area contributed by atoms with E-state index in [1.54, 1.807) is 6.07 Å². The summed E-state index contributed by atoms with van der Waals surface area (Å²) < 4.78 is 30.6. The molecular formula is C32H36FN7O5. The second-order valence-corrected chi connectivity index (χ2v) is 12.3. The number of pyridine rings is 1. The standard InChI is InChI=1S/C32H36FN7O5/c1-43-26-12-22(29(41)37-20-5-6-23(33)21(11-20)18-3-4-18)24(16-34-26)38-30(42)27-28(35-17-36-31(27)44-2)39-32-13-19(14-32)25(15-32)40-7-9-45-10-8-40/h5-6,11-12,16-19,25H,3-4,7-10,13-15H2,1-2H3,(H,37,41)(H,38,42)(H,35,36,39). The van der Waals surface area contributed by atoms with Crippen LogP contribution in [0.1, 0.15) is 64.3 Å². The number of nitrogens with zero attached hydrogens (tertiary/aromatic N) is 4. The quantitative estimate of drug-likeness (QED) is 0.305. The van der Waals surface area contributed by atoms with Gasteiger partial charge in [-0.1, -0.05) is 0 Å². The first-order valence-corrected chi connectivity index (χ1v) is 15.3. The fraction of sp³-hybridized carbons (Fsp3) is 0.469. The number of nitrogens with one attached hydrogen (secondary N) is 3. The first-order chi connectivity index (χ1) is 21.9.